The molecular formula is C73H138O17P2. The van der Waals surface area contributed by atoms with E-state index in [1.54, 1.807) is 0 Å². The van der Waals surface area contributed by atoms with Crippen LogP contribution in [0, 0.1) is 17.8 Å². The molecule has 0 bridgehead atoms. The number of phosphoric acid groups is 2. The summed E-state index contributed by atoms with van der Waals surface area (Å²) < 4.78 is 68.3. The highest BCUT2D eigenvalue weighted by Gasteiger charge is 2.30. The summed E-state index contributed by atoms with van der Waals surface area (Å²) in [6.07, 6.45) is 50.8. The first kappa shape index (κ1) is 89.5. The van der Waals surface area contributed by atoms with Crippen molar-refractivity contribution in [1.29, 1.82) is 0 Å². The molecule has 0 aromatic carbocycles. The van der Waals surface area contributed by atoms with E-state index in [0.29, 0.717) is 31.6 Å². The lowest BCUT2D eigenvalue weighted by molar-refractivity contribution is -0.161. The van der Waals surface area contributed by atoms with Crippen LogP contribution in [-0.4, -0.2) is 96.7 Å². The van der Waals surface area contributed by atoms with Crippen molar-refractivity contribution in [2.45, 2.75) is 362 Å². The molecule has 0 saturated heterocycles. The fourth-order valence-corrected chi connectivity index (χ4v) is 12.1. The predicted molar refractivity (Wildman–Crippen MR) is 372 cm³/mol. The second kappa shape index (κ2) is 63.3. The lowest BCUT2D eigenvalue weighted by Crippen LogP contribution is -2.30. The van der Waals surface area contributed by atoms with Crippen molar-refractivity contribution in [2.75, 3.05) is 39.6 Å². The van der Waals surface area contributed by atoms with E-state index in [1.807, 2.05) is 0 Å². The fraction of sp³-hybridized carbons (Fsp3) is 0.890. The van der Waals surface area contributed by atoms with Crippen molar-refractivity contribution >= 4 is 39.5 Å². The average molecular weight is 1350 g/mol. The largest absolute Gasteiger partial charge is 0.472 e. The number of hydrogen-bond acceptors (Lipinski definition) is 15. The summed E-state index contributed by atoms with van der Waals surface area (Å²) in [6.45, 7) is 11.7. The number of allylic oxidation sites excluding steroid dienone is 4. The molecule has 3 N–H and O–H groups in total. The molecule has 0 aromatic rings. The molecule has 0 aromatic heterocycles. The normalized spacial score (nSPS) is 14.3. The Morgan fingerprint density at radius 3 is 0.880 bits per heavy atom. The van der Waals surface area contributed by atoms with Crippen LogP contribution >= 0.6 is 15.6 Å². The zero-order valence-electron chi connectivity index (χ0n) is 59.5. The third-order valence-electron chi connectivity index (χ3n) is 16.3. The Labute approximate surface area is 561 Å². The maximum Gasteiger partial charge on any atom is 0.472 e. The van der Waals surface area contributed by atoms with Crippen LogP contribution in [-0.2, 0) is 65.4 Å². The van der Waals surface area contributed by atoms with Crippen LogP contribution in [0.3, 0.4) is 0 Å². The monoisotopic (exact) mass is 1350 g/mol. The summed E-state index contributed by atoms with van der Waals surface area (Å²) in [4.78, 5) is 72.6. The van der Waals surface area contributed by atoms with Crippen molar-refractivity contribution in [3.63, 3.8) is 0 Å². The van der Waals surface area contributed by atoms with Gasteiger partial charge in [0.1, 0.15) is 19.3 Å². The number of rotatable bonds is 69. The summed E-state index contributed by atoms with van der Waals surface area (Å²) in [5.74, 6) is 0.0688. The van der Waals surface area contributed by atoms with Crippen LogP contribution in [0.25, 0.3) is 0 Å². The number of aliphatic hydroxyl groups excluding tert-OH is 1. The number of hydrogen-bond donors (Lipinski definition) is 3. The van der Waals surface area contributed by atoms with Gasteiger partial charge in [0, 0.05) is 25.7 Å². The van der Waals surface area contributed by atoms with Crippen LogP contribution in [0.4, 0.5) is 0 Å². The van der Waals surface area contributed by atoms with Crippen LogP contribution in [0.2, 0.25) is 0 Å². The second-order valence-electron chi connectivity index (χ2n) is 27.1. The highest BCUT2D eigenvalue weighted by Crippen LogP contribution is 2.45. The first-order valence-corrected chi connectivity index (χ1v) is 40.2. The molecular weight excluding hydrogens is 1210 g/mol. The van der Waals surface area contributed by atoms with Gasteiger partial charge in [-0.15, -0.1) is 0 Å². The molecule has 0 spiro atoms. The van der Waals surface area contributed by atoms with Crippen molar-refractivity contribution in [2.24, 2.45) is 17.8 Å². The van der Waals surface area contributed by atoms with E-state index in [0.717, 1.165) is 121 Å². The number of carbonyl (C=O) groups excluding carboxylic acids is 4. The smallest absolute Gasteiger partial charge is 0.462 e. The average Bonchev–Trinajstić information content (AvgIpc) is 3.19. The van der Waals surface area contributed by atoms with Crippen LogP contribution in [0.5, 0.6) is 0 Å². The van der Waals surface area contributed by atoms with Gasteiger partial charge in [0.25, 0.3) is 0 Å². The minimum atomic E-state index is -4.96. The number of phosphoric ester groups is 2. The van der Waals surface area contributed by atoms with Gasteiger partial charge in [0.2, 0.25) is 0 Å². The number of carbonyl (C=O) groups is 4. The van der Waals surface area contributed by atoms with E-state index in [2.05, 4.69) is 72.8 Å². The quantitative estimate of drug-likeness (QED) is 0.0169. The van der Waals surface area contributed by atoms with Gasteiger partial charge in [-0.05, 0) is 69.1 Å². The summed E-state index contributed by atoms with van der Waals surface area (Å²) >= 11 is 0. The Bertz CT molecular complexity index is 1890. The van der Waals surface area contributed by atoms with Crippen LogP contribution in [0.1, 0.15) is 344 Å². The van der Waals surface area contributed by atoms with E-state index in [-0.39, 0.29) is 25.7 Å². The zero-order chi connectivity index (χ0) is 68.0. The zero-order valence-corrected chi connectivity index (χ0v) is 61.3. The van der Waals surface area contributed by atoms with Gasteiger partial charge in [-0.1, -0.05) is 291 Å². The summed E-state index contributed by atoms with van der Waals surface area (Å²) in [6, 6.07) is 0. The van der Waals surface area contributed by atoms with Crippen molar-refractivity contribution in [3.05, 3.63) is 24.3 Å². The molecule has 0 radical (unpaired) electrons. The van der Waals surface area contributed by atoms with Gasteiger partial charge >= 0.3 is 39.5 Å². The highest BCUT2D eigenvalue weighted by molar-refractivity contribution is 7.47. The van der Waals surface area contributed by atoms with E-state index in [1.165, 1.54) is 135 Å². The lowest BCUT2D eigenvalue weighted by Gasteiger charge is -2.21. The van der Waals surface area contributed by atoms with Gasteiger partial charge in [0.05, 0.1) is 26.4 Å². The fourth-order valence-electron chi connectivity index (χ4n) is 10.5. The minimum Gasteiger partial charge on any atom is -0.462 e. The van der Waals surface area contributed by atoms with E-state index < -0.39 is 97.5 Å². The van der Waals surface area contributed by atoms with Gasteiger partial charge in [-0.2, -0.15) is 0 Å². The standard InChI is InChI=1S/C73H138O17P2/c1-8-9-10-11-12-13-14-15-16-17-20-27-34-42-49-56-72(77)89-68(60-83-70(75)54-47-40-33-26-21-18-19-24-30-37-44-51-64(2)3)62-87-91(79,80)85-58-67(74)59-86-92(81,82)88-63-69(61-84-71(76)55-48-41-36-29-32-39-46-53-66(6)7)90-73(78)57-50-43-35-28-23-22-25-31-38-45-52-65(4)5/h13-16,64-69,74H,8-12,17-63H2,1-7H3,(H,79,80)(H,81,82)/b14-13-,16-15-/t67?,68-,69-/m1/s1. The first-order chi connectivity index (χ1) is 44.2. The number of ether oxygens (including phenoxy) is 4. The third kappa shape index (κ3) is 66.2. The molecule has 0 saturated carbocycles. The summed E-state index contributed by atoms with van der Waals surface area (Å²) in [7, 11) is -9.92. The Balaban J connectivity index is 5.30. The topological polar surface area (TPSA) is 237 Å². The van der Waals surface area contributed by atoms with E-state index >= 15 is 0 Å². The van der Waals surface area contributed by atoms with Gasteiger partial charge < -0.3 is 33.8 Å². The number of esters is 4. The minimum absolute atomic E-state index is 0.0845. The molecule has 0 rings (SSSR count). The Hall–Kier alpha value is -2.46. The van der Waals surface area contributed by atoms with Crippen LogP contribution in [0.15, 0.2) is 24.3 Å². The van der Waals surface area contributed by atoms with Crippen molar-refractivity contribution in [1.82, 2.24) is 0 Å². The molecule has 19 heteroatoms. The molecule has 542 valence electrons. The summed E-state index contributed by atoms with van der Waals surface area (Å²) in [5.41, 5.74) is 0. The maximum absolute atomic E-state index is 13.0. The molecule has 0 aliphatic heterocycles. The molecule has 0 amide bonds. The molecule has 3 unspecified atom stereocenters. The Morgan fingerprint density at radius 1 is 0.337 bits per heavy atom. The molecule has 0 heterocycles. The van der Waals surface area contributed by atoms with E-state index in [9.17, 15) is 43.2 Å². The molecule has 92 heavy (non-hydrogen) atoms. The molecule has 0 aliphatic carbocycles. The first-order valence-electron chi connectivity index (χ1n) is 37.2. The van der Waals surface area contributed by atoms with Crippen molar-refractivity contribution in [3.8, 4) is 0 Å². The maximum atomic E-state index is 13.0. The Morgan fingerprint density at radius 2 is 0.587 bits per heavy atom. The lowest BCUT2D eigenvalue weighted by atomic mass is 10.0. The number of unbranched alkanes of at least 4 members (excludes halogenated alkanes) is 34. The predicted octanol–water partition coefficient (Wildman–Crippen LogP) is 20.6. The van der Waals surface area contributed by atoms with Crippen LogP contribution < -0.4 is 0 Å². The third-order valence-corrected chi connectivity index (χ3v) is 18.2. The molecule has 0 fully saturated rings. The molecule has 0 aliphatic rings. The van der Waals surface area contributed by atoms with Gasteiger partial charge in [0.15, 0.2) is 12.2 Å². The van der Waals surface area contributed by atoms with Crippen molar-refractivity contribution < 1.29 is 80.2 Å². The second-order valence-corrected chi connectivity index (χ2v) is 30.0. The highest BCUT2D eigenvalue weighted by atomic mass is 31.2. The SMILES string of the molecule is CCCCCC/C=C\C=C/CCCCCCCC(=O)O[C@H](COC(=O)CCCCCCCCCCCCCC(C)C)COP(=O)(O)OCC(O)COP(=O)(O)OC[C@@H](COC(=O)CCCCCCCCCC(C)C)OC(=O)CCCCCCCCCCCCC(C)C. The number of aliphatic hydroxyl groups is 1. The summed E-state index contributed by atoms with van der Waals surface area (Å²) in [5, 5.41) is 10.6. The molecule has 5 atom stereocenters. The van der Waals surface area contributed by atoms with E-state index in [4.69, 9.17) is 37.0 Å². The molecule has 17 nitrogen and oxygen atoms in total. The Kier molecular flexibility index (Phi) is 61.6. The van der Waals surface area contributed by atoms with Gasteiger partial charge in [-0.25, -0.2) is 9.13 Å². The van der Waals surface area contributed by atoms with Gasteiger partial charge in [-0.3, -0.25) is 37.3 Å².